The van der Waals surface area contributed by atoms with E-state index in [0.29, 0.717) is 0 Å². The lowest BCUT2D eigenvalue weighted by Gasteiger charge is -2.16. The zero-order valence-corrected chi connectivity index (χ0v) is 13.4. The summed E-state index contributed by atoms with van der Waals surface area (Å²) in [4.78, 5) is 22.3. The summed E-state index contributed by atoms with van der Waals surface area (Å²) in [6.07, 6.45) is -5.34. The van der Waals surface area contributed by atoms with Gasteiger partial charge in [0, 0.05) is 6.54 Å². The molecule has 0 fully saturated rings. The van der Waals surface area contributed by atoms with Crippen LogP contribution in [-0.4, -0.2) is 43.1 Å². The first kappa shape index (κ1) is 20.8. The molecule has 0 heterocycles. The number of amides is 1. The molecule has 0 radical (unpaired) electrons. The Morgan fingerprint density at radius 2 is 1.88 bits per heavy atom. The molecular weight excluding hydrogens is 343 g/mol. The number of ether oxygens (including phenoxy) is 2. The van der Waals surface area contributed by atoms with Crippen LogP contribution in [0.4, 0.5) is 18.0 Å². The second kappa shape index (κ2) is 10.5. The summed E-state index contributed by atoms with van der Waals surface area (Å²) in [5.74, 6) is -1.79. The number of carboxylic acid groups (broad SMARTS) is 1. The maximum atomic E-state index is 12.0. The number of carbonyl (C=O) groups is 2. The highest BCUT2D eigenvalue weighted by molar-refractivity contribution is 5.67. The molecule has 0 aromatic heterocycles. The number of nitrogens with one attached hydrogen (secondary N) is 1. The molecule has 1 aromatic rings. The third-order valence-corrected chi connectivity index (χ3v) is 3.12. The fourth-order valence-electron chi connectivity index (χ4n) is 1.99. The van der Waals surface area contributed by atoms with Crippen LogP contribution < -0.4 is 5.32 Å². The maximum Gasteiger partial charge on any atom is 0.411 e. The molecule has 140 valence electrons. The molecule has 9 heteroatoms. The van der Waals surface area contributed by atoms with Crippen molar-refractivity contribution in [2.24, 2.45) is 5.92 Å². The summed E-state index contributed by atoms with van der Waals surface area (Å²) in [6.45, 7) is -1.64. The number of aliphatic carboxylic acids is 1. The second-order valence-corrected chi connectivity index (χ2v) is 5.37. The molecule has 6 nitrogen and oxygen atoms in total. The van der Waals surface area contributed by atoms with Crippen LogP contribution in [0.25, 0.3) is 0 Å². The van der Waals surface area contributed by atoms with Gasteiger partial charge in [0.05, 0.1) is 13.0 Å². The van der Waals surface area contributed by atoms with Crippen molar-refractivity contribution in [3.05, 3.63) is 35.9 Å². The lowest BCUT2D eigenvalue weighted by atomic mass is 10.0. The van der Waals surface area contributed by atoms with E-state index in [2.05, 4.69) is 10.1 Å². The van der Waals surface area contributed by atoms with Crippen molar-refractivity contribution in [1.82, 2.24) is 5.32 Å². The van der Waals surface area contributed by atoms with E-state index in [1.54, 1.807) is 24.3 Å². The molecule has 0 aliphatic carbocycles. The molecule has 0 aliphatic rings. The Balaban J connectivity index is 2.27. The van der Waals surface area contributed by atoms with Gasteiger partial charge in [-0.3, -0.25) is 4.79 Å². The minimum Gasteiger partial charge on any atom is -0.481 e. The van der Waals surface area contributed by atoms with Gasteiger partial charge >= 0.3 is 18.2 Å². The molecule has 25 heavy (non-hydrogen) atoms. The van der Waals surface area contributed by atoms with Gasteiger partial charge in [-0.25, -0.2) is 4.79 Å². The molecule has 1 atom stereocenters. The summed E-state index contributed by atoms with van der Waals surface area (Å²) in [5, 5.41) is 11.2. The third kappa shape index (κ3) is 11.0. The molecule has 0 spiro atoms. The Morgan fingerprint density at radius 1 is 1.20 bits per heavy atom. The summed E-state index contributed by atoms with van der Waals surface area (Å²) in [7, 11) is 0. The van der Waals surface area contributed by atoms with E-state index in [1.165, 1.54) is 0 Å². The first-order chi connectivity index (χ1) is 11.8. The van der Waals surface area contributed by atoms with E-state index in [-0.39, 0.29) is 32.6 Å². The third-order valence-electron chi connectivity index (χ3n) is 3.12. The van der Waals surface area contributed by atoms with Crippen LogP contribution in [-0.2, 0) is 20.9 Å². The van der Waals surface area contributed by atoms with Gasteiger partial charge in [-0.15, -0.1) is 0 Å². The van der Waals surface area contributed by atoms with Gasteiger partial charge in [0.25, 0.3) is 0 Å². The highest BCUT2D eigenvalue weighted by Gasteiger charge is 2.28. The Morgan fingerprint density at radius 3 is 2.48 bits per heavy atom. The van der Waals surface area contributed by atoms with E-state index in [1.807, 2.05) is 6.07 Å². The van der Waals surface area contributed by atoms with Crippen molar-refractivity contribution >= 4 is 12.1 Å². The molecular formula is C16H20F3NO5. The van der Waals surface area contributed by atoms with Crippen LogP contribution in [0.15, 0.2) is 30.3 Å². The smallest absolute Gasteiger partial charge is 0.411 e. The first-order valence-corrected chi connectivity index (χ1v) is 7.57. The van der Waals surface area contributed by atoms with Gasteiger partial charge in [-0.05, 0) is 17.9 Å². The molecule has 1 aromatic carbocycles. The Hall–Kier alpha value is -2.29. The molecule has 1 rings (SSSR count). The minimum absolute atomic E-state index is 0.0704. The number of carboxylic acids is 1. The van der Waals surface area contributed by atoms with Crippen molar-refractivity contribution in [2.45, 2.75) is 25.6 Å². The summed E-state index contributed by atoms with van der Waals surface area (Å²) >= 11 is 0. The topological polar surface area (TPSA) is 84.9 Å². The molecule has 0 saturated carbocycles. The van der Waals surface area contributed by atoms with Crippen LogP contribution in [0.5, 0.6) is 0 Å². The summed E-state index contributed by atoms with van der Waals surface area (Å²) in [5.41, 5.74) is 0.807. The van der Waals surface area contributed by atoms with E-state index in [0.717, 1.165) is 5.56 Å². The van der Waals surface area contributed by atoms with Crippen molar-refractivity contribution in [1.29, 1.82) is 0 Å². The number of hydrogen-bond donors (Lipinski definition) is 2. The summed E-state index contributed by atoms with van der Waals surface area (Å²) < 4.78 is 45.6. The largest absolute Gasteiger partial charge is 0.481 e. The van der Waals surface area contributed by atoms with Crippen molar-refractivity contribution < 1.29 is 37.3 Å². The lowest BCUT2D eigenvalue weighted by molar-refractivity contribution is -0.177. The van der Waals surface area contributed by atoms with E-state index in [9.17, 15) is 22.8 Å². The van der Waals surface area contributed by atoms with Crippen molar-refractivity contribution in [2.75, 3.05) is 19.8 Å². The fraction of sp³-hybridized carbons (Fsp3) is 0.500. The number of hydrogen-bond acceptors (Lipinski definition) is 4. The monoisotopic (exact) mass is 363 g/mol. The predicted molar refractivity (Wildman–Crippen MR) is 81.9 cm³/mol. The van der Waals surface area contributed by atoms with Gasteiger partial charge in [0.1, 0.15) is 13.2 Å². The number of halogens is 3. The lowest BCUT2D eigenvalue weighted by Crippen LogP contribution is -2.29. The van der Waals surface area contributed by atoms with E-state index >= 15 is 0 Å². The Labute approximate surface area is 142 Å². The SMILES string of the molecule is O=C(O)CC(CCNC(=O)OCc1ccccc1)COCC(F)(F)F. The van der Waals surface area contributed by atoms with Crippen molar-refractivity contribution in [3.8, 4) is 0 Å². The zero-order chi connectivity index (χ0) is 18.7. The quantitative estimate of drug-likeness (QED) is 0.668. The minimum atomic E-state index is -4.47. The molecule has 0 saturated heterocycles. The molecule has 1 amide bonds. The average Bonchev–Trinajstić information content (AvgIpc) is 2.52. The van der Waals surface area contributed by atoms with Crippen LogP contribution in [0.2, 0.25) is 0 Å². The van der Waals surface area contributed by atoms with Gasteiger partial charge in [0.15, 0.2) is 0 Å². The molecule has 0 aliphatic heterocycles. The van der Waals surface area contributed by atoms with Crippen LogP contribution in [0.1, 0.15) is 18.4 Å². The van der Waals surface area contributed by atoms with E-state index in [4.69, 9.17) is 9.84 Å². The first-order valence-electron chi connectivity index (χ1n) is 7.57. The number of alkyl carbamates (subject to hydrolysis) is 1. The number of rotatable bonds is 10. The highest BCUT2D eigenvalue weighted by Crippen LogP contribution is 2.16. The van der Waals surface area contributed by atoms with Crippen LogP contribution in [0, 0.1) is 5.92 Å². The standard InChI is InChI=1S/C16H20F3NO5/c17-16(18,19)11-24-9-13(8-14(21)22)6-7-20-15(23)25-10-12-4-2-1-3-5-12/h1-5,13H,6-11H2,(H,20,23)(H,21,22). The predicted octanol–water partition coefficient (Wildman–Crippen LogP) is 2.97. The molecule has 0 bridgehead atoms. The van der Waals surface area contributed by atoms with Gasteiger partial charge < -0.3 is 19.9 Å². The number of alkyl halides is 3. The van der Waals surface area contributed by atoms with E-state index < -0.39 is 30.8 Å². The normalized spacial score (nSPS) is 12.4. The van der Waals surface area contributed by atoms with Crippen LogP contribution in [0.3, 0.4) is 0 Å². The highest BCUT2D eigenvalue weighted by atomic mass is 19.4. The zero-order valence-electron chi connectivity index (χ0n) is 13.4. The average molecular weight is 363 g/mol. The van der Waals surface area contributed by atoms with Crippen molar-refractivity contribution in [3.63, 3.8) is 0 Å². The summed E-state index contributed by atoms with van der Waals surface area (Å²) in [6, 6.07) is 9.00. The van der Waals surface area contributed by atoms with Gasteiger partial charge in [-0.1, -0.05) is 30.3 Å². The fourth-order valence-corrected chi connectivity index (χ4v) is 1.99. The Bertz CT molecular complexity index is 536. The van der Waals surface area contributed by atoms with Gasteiger partial charge in [0.2, 0.25) is 0 Å². The number of benzene rings is 1. The Kier molecular flexibility index (Phi) is 8.76. The maximum absolute atomic E-state index is 12.0. The molecule has 1 unspecified atom stereocenters. The number of carbonyl (C=O) groups excluding carboxylic acids is 1. The molecule has 2 N–H and O–H groups in total. The van der Waals surface area contributed by atoms with Gasteiger partial charge in [-0.2, -0.15) is 13.2 Å². The van der Waals surface area contributed by atoms with Crippen LogP contribution >= 0.6 is 0 Å². The second-order valence-electron chi connectivity index (χ2n) is 5.37.